The zero-order chi connectivity index (χ0) is 19.1. The number of carbonyl (C=O) groups is 1. The molecular formula is C21H18N2O4. The highest BCUT2D eigenvalue weighted by molar-refractivity contribution is 6.02. The molecule has 0 aliphatic rings. The lowest BCUT2D eigenvalue weighted by atomic mass is 10.1. The Morgan fingerprint density at radius 1 is 1.11 bits per heavy atom. The number of rotatable bonds is 7. The second kappa shape index (κ2) is 8.70. The zero-order valence-electron chi connectivity index (χ0n) is 14.8. The number of ether oxygens (including phenoxy) is 2. The predicted molar refractivity (Wildman–Crippen MR) is 99.3 cm³/mol. The van der Waals surface area contributed by atoms with E-state index >= 15 is 0 Å². The summed E-state index contributed by atoms with van der Waals surface area (Å²) < 4.78 is 16.1. The van der Waals surface area contributed by atoms with Crippen LogP contribution in [0.1, 0.15) is 27.4 Å². The highest BCUT2D eigenvalue weighted by atomic mass is 16.5. The Balaban J connectivity index is 1.62. The van der Waals surface area contributed by atoms with Crippen LogP contribution in [0.5, 0.6) is 5.75 Å². The van der Waals surface area contributed by atoms with Gasteiger partial charge in [-0.05, 0) is 42.0 Å². The molecule has 3 aromatic rings. The van der Waals surface area contributed by atoms with Gasteiger partial charge in [-0.3, -0.25) is 4.79 Å². The van der Waals surface area contributed by atoms with E-state index < -0.39 is 0 Å². The van der Waals surface area contributed by atoms with Crippen LogP contribution in [-0.2, 0) is 18.0 Å². The van der Waals surface area contributed by atoms with Crippen molar-refractivity contribution in [2.45, 2.75) is 13.2 Å². The molecule has 0 saturated carbocycles. The predicted octanol–water partition coefficient (Wildman–Crippen LogP) is 4.13. The molecule has 2 aromatic carbocycles. The first-order chi connectivity index (χ1) is 13.2. The Morgan fingerprint density at radius 3 is 2.78 bits per heavy atom. The summed E-state index contributed by atoms with van der Waals surface area (Å²) in [6.07, 6.45) is 0. The molecule has 0 aliphatic heterocycles. The van der Waals surface area contributed by atoms with Crippen LogP contribution in [0.3, 0.4) is 0 Å². The molecule has 27 heavy (non-hydrogen) atoms. The second-order valence-corrected chi connectivity index (χ2v) is 5.78. The number of benzene rings is 2. The minimum absolute atomic E-state index is 0.210. The number of hydrogen-bond donors (Lipinski definition) is 1. The summed E-state index contributed by atoms with van der Waals surface area (Å²) in [5.41, 5.74) is 2.07. The fourth-order valence-electron chi connectivity index (χ4n) is 2.47. The summed E-state index contributed by atoms with van der Waals surface area (Å²) in [5.74, 6) is 1.05. The van der Waals surface area contributed by atoms with Gasteiger partial charge in [0.05, 0.1) is 11.6 Å². The third kappa shape index (κ3) is 4.97. The van der Waals surface area contributed by atoms with Gasteiger partial charge >= 0.3 is 0 Å². The number of methoxy groups -OCH3 is 1. The van der Waals surface area contributed by atoms with Crippen molar-refractivity contribution in [2.24, 2.45) is 0 Å². The van der Waals surface area contributed by atoms with E-state index in [4.69, 9.17) is 19.2 Å². The van der Waals surface area contributed by atoms with Gasteiger partial charge < -0.3 is 19.2 Å². The summed E-state index contributed by atoms with van der Waals surface area (Å²) >= 11 is 0. The van der Waals surface area contributed by atoms with Gasteiger partial charge in [-0.1, -0.05) is 18.2 Å². The SMILES string of the molecule is COCc1ccc(C(=O)Nc2cccc(OCc3cccc(C#N)c3)c2)o1. The Bertz CT molecular complexity index is 972. The normalized spacial score (nSPS) is 10.2. The Morgan fingerprint density at radius 2 is 1.96 bits per heavy atom. The Kier molecular flexibility index (Phi) is 5.87. The van der Waals surface area contributed by atoms with Crippen LogP contribution in [0.25, 0.3) is 0 Å². The van der Waals surface area contributed by atoms with Gasteiger partial charge in [-0.15, -0.1) is 0 Å². The van der Waals surface area contributed by atoms with Gasteiger partial charge in [-0.2, -0.15) is 5.26 Å². The molecule has 0 spiro atoms. The van der Waals surface area contributed by atoms with Crippen molar-refractivity contribution >= 4 is 11.6 Å². The van der Waals surface area contributed by atoms with E-state index in [0.29, 0.717) is 36.0 Å². The molecule has 0 aliphatic carbocycles. The fourth-order valence-corrected chi connectivity index (χ4v) is 2.47. The highest BCUT2D eigenvalue weighted by Gasteiger charge is 2.12. The van der Waals surface area contributed by atoms with Crippen LogP contribution in [-0.4, -0.2) is 13.0 Å². The third-order valence-electron chi connectivity index (χ3n) is 3.73. The molecule has 1 heterocycles. The Labute approximate surface area is 156 Å². The van der Waals surface area contributed by atoms with Crippen molar-refractivity contribution in [1.29, 1.82) is 5.26 Å². The average molecular weight is 362 g/mol. The first-order valence-corrected chi connectivity index (χ1v) is 8.29. The monoisotopic (exact) mass is 362 g/mol. The van der Waals surface area contributed by atoms with Crippen LogP contribution in [0.4, 0.5) is 5.69 Å². The molecule has 1 N–H and O–H groups in total. The smallest absolute Gasteiger partial charge is 0.291 e. The standard InChI is InChI=1S/C21H18N2O4/c1-25-14-19-8-9-20(27-19)21(24)23-17-6-3-7-18(11-17)26-13-16-5-2-4-15(10-16)12-22/h2-11H,13-14H2,1H3,(H,23,24). The molecule has 0 bridgehead atoms. The van der Waals surface area contributed by atoms with Crippen molar-refractivity contribution in [1.82, 2.24) is 0 Å². The van der Waals surface area contributed by atoms with Crippen molar-refractivity contribution in [3.8, 4) is 11.8 Å². The summed E-state index contributed by atoms with van der Waals surface area (Å²) in [6.45, 7) is 0.634. The van der Waals surface area contributed by atoms with E-state index in [2.05, 4.69) is 11.4 Å². The van der Waals surface area contributed by atoms with E-state index in [9.17, 15) is 4.79 Å². The van der Waals surface area contributed by atoms with Crippen LogP contribution >= 0.6 is 0 Å². The molecule has 136 valence electrons. The Hall–Kier alpha value is -3.56. The molecule has 0 radical (unpaired) electrons. The van der Waals surface area contributed by atoms with E-state index in [-0.39, 0.29) is 11.7 Å². The number of nitrogens with zero attached hydrogens (tertiary/aromatic N) is 1. The molecule has 3 rings (SSSR count). The van der Waals surface area contributed by atoms with E-state index in [1.807, 2.05) is 12.1 Å². The molecule has 0 unspecified atom stereocenters. The quantitative estimate of drug-likeness (QED) is 0.683. The largest absolute Gasteiger partial charge is 0.489 e. The minimum Gasteiger partial charge on any atom is -0.489 e. The summed E-state index contributed by atoms with van der Waals surface area (Å²) in [6, 6.07) is 19.7. The molecule has 6 heteroatoms. The zero-order valence-corrected chi connectivity index (χ0v) is 14.8. The van der Waals surface area contributed by atoms with Gasteiger partial charge in [0, 0.05) is 18.9 Å². The topological polar surface area (TPSA) is 84.5 Å². The van der Waals surface area contributed by atoms with Gasteiger partial charge in [0.2, 0.25) is 0 Å². The maximum absolute atomic E-state index is 12.3. The van der Waals surface area contributed by atoms with Gasteiger partial charge in [0.1, 0.15) is 24.7 Å². The molecular weight excluding hydrogens is 344 g/mol. The summed E-state index contributed by atoms with van der Waals surface area (Å²) in [7, 11) is 1.56. The number of nitriles is 1. The lowest BCUT2D eigenvalue weighted by molar-refractivity contribution is 0.0987. The van der Waals surface area contributed by atoms with E-state index in [0.717, 1.165) is 5.56 Å². The van der Waals surface area contributed by atoms with Gasteiger partial charge in [-0.25, -0.2) is 0 Å². The van der Waals surface area contributed by atoms with Crippen molar-refractivity contribution in [2.75, 3.05) is 12.4 Å². The lowest BCUT2D eigenvalue weighted by Crippen LogP contribution is -2.11. The van der Waals surface area contributed by atoms with Crippen LogP contribution in [0.15, 0.2) is 65.1 Å². The third-order valence-corrected chi connectivity index (χ3v) is 3.73. The molecule has 1 amide bonds. The first kappa shape index (κ1) is 18.2. The number of furan rings is 1. The summed E-state index contributed by atoms with van der Waals surface area (Å²) in [5, 5.41) is 11.7. The number of hydrogen-bond acceptors (Lipinski definition) is 5. The van der Waals surface area contributed by atoms with Crippen LogP contribution in [0, 0.1) is 11.3 Å². The number of anilines is 1. The fraction of sp³-hybridized carbons (Fsp3) is 0.143. The number of carbonyl (C=O) groups excluding carboxylic acids is 1. The number of nitrogens with one attached hydrogen (secondary N) is 1. The van der Waals surface area contributed by atoms with E-state index in [1.165, 1.54) is 0 Å². The molecule has 0 atom stereocenters. The first-order valence-electron chi connectivity index (χ1n) is 8.29. The summed E-state index contributed by atoms with van der Waals surface area (Å²) in [4.78, 5) is 12.3. The van der Waals surface area contributed by atoms with Crippen molar-refractivity contribution in [3.63, 3.8) is 0 Å². The van der Waals surface area contributed by atoms with Crippen molar-refractivity contribution in [3.05, 3.63) is 83.3 Å². The second-order valence-electron chi connectivity index (χ2n) is 5.78. The maximum Gasteiger partial charge on any atom is 0.291 e. The lowest BCUT2D eigenvalue weighted by Gasteiger charge is -2.09. The molecule has 6 nitrogen and oxygen atoms in total. The maximum atomic E-state index is 12.3. The van der Waals surface area contributed by atoms with Crippen LogP contribution in [0.2, 0.25) is 0 Å². The molecule has 0 saturated heterocycles. The van der Waals surface area contributed by atoms with Gasteiger partial charge in [0.15, 0.2) is 5.76 Å². The van der Waals surface area contributed by atoms with Crippen molar-refractivity contribution < 1.29 is 18.7 Å². The van der Waals surface area contributed by atoms with Crippen LogP contribution < -0.4 is 10.1 Å². The molecule has 1 aromatic heterocycles. The van der Waals surface area contributed by atoms with E-state index in [1.54, 1.807) is 55.6 Å². The number of amides is 1. The minimum atomic E-state index is -0.351. The molecule has 0 fully saturated rings. The highest BCUT2D eigenvalue weighted by Crippen LogP contribution is 2.20. The average Bonchev–Trinajstić information content (AvgIpc) is 3.16. The van der Waals surface area contributed by atoms with Gasteiger partial charge in [0.25, 0.3) is 5.91 Å².